The predicted molar refractivity (Wildman–Crippen MR) is 55.4 cm³/mol. The molecule has 86 valence electrons. The van der Waals surface area contributed by atoms with Crippen molar-refractivity contribution in [1.29, 1.82) is 0 Å². The van der Waals surface area contributed by atoms with Crippen molar-refractivity contribution in [1.82, 2.24) is 10.4 Å². The summed E-state index contributed by atoms with van der Waals surface area (Å²) in [5, 5.41) is 8.51. The average Bonchev–Trinajstić information content (AvgIpc) is 2.28. The molecule has 6 heteroatoms. The SMILES string of the molecule is CN(C)C(=O)Oc1ccccc1C(=O)NO. The van der Waals surface area contributed by atoms with Crippen molar-refractivity contribution in [2.45, 2.75) is 0 Å². The topological polar surface area (TPSA) is 78.9 Å². The van der Waals surface area contributed by atoms with E-state index in [9.17, 15) is 9.59 Å². The third-order valence-electron chi connectivity index (χ3n) is 1.80. The largest absolute Gasteiger partial charge is 0.414 e. The highest BCUT2D eigenvalue weighted by atomic mass is 16.6. The Morgan fingerprint density at radius 1 is 1.31 bits per heavy atom. The Morgan fingerprint density at radius 3 is 2.50 bits per heavy atom. The van der Waals surface area contributed by atoms with Crippen LogP contribution in [0.25, 0.3) is 0 Å². The maximum Gasteiger partial charge on any atom is 0.414 e. The second kappa shape index (κ2) is 5.13. The van der Waals surface area contributed by atoms with Gasteiger partial charge in [0.15, 0.2) is 0 Å². The predicted octanol–water partition coefficient (Wildman–Crippen LogP) is 0.866. The molecule has 0 radical (unpaired) electrons. The first-order chi connectivity index (χ1) is 7.56. The molecule has 0 atom stereocenters. The molecule has 0 aliphatic carbocycles. The van der Waals surface area contributed by atoms with Crippen molar-refractivity contribution in [3.05, 3.63) is 29.8 Å². The number of nitrogens with zero attached hydrogens (tertiary/aromatic N) is 1. The van der Waals surface area contributed by atoms with Gasteiger partial charge < -0.3 is 9.64 Å². The van der Waals surface area contributed by atoms with Crippen LogP contribution in [0.2, 0.25) is 0 Å². The molecule has 1 aromatic rings. The lowest BCUT2D eigenvalue weighted by Crippen LogP contribution is -2.27. The van der Waals surface area contributed by atoms with Gasteiger partial charge in [0, 0.05) is 14.1 Å². The minimum absolute atomic E-state index is 0.0835. The summed E-state index contributed by atoms with van der Waals surface area (Å²) in [6.07, 6.45) is -0.599. The number of amides is 2. The van der Waals surface area contributed by atoms with Crippen LogP contribution in [0.5, 0.6) is 5.75 Å². The van der Waals surface area contributed by atoms with E-state index in [0.717, 1.165) is 0 Å². The van der Waals surface area contributed by atoms with Crippen LogP contribution in [0.1, 0.15) is 10.4 Å². The van der Waals surface area contributed by atoms with Crippen LogP contribution in [0, 0.1) is 0 Å². The van der Waals surface area contributed by atoms with Crippen LogP contribution >= 0.6 is 0 Å². The highest BCUT2D eigenvalue weighted by Crippen LogP contribution is 2.18. The molecule has 0 aromatic heterocycles. The van der Waals surface area contributed by atoms with Crippen molar-refractivity contribution in [3.8, 4) is 5.75 Å². The summed E-state index contributed by atoms with van der Waals surface area (Å²) in [4.78, 5) is 23.7. The van der Waals surface area contributed by atoms with Crippen LogP contribution in [-0.2, 0) is 0 Å². The molecule has 1 aromatic carbocycles. The number of hydrogen-bond donors (Lipinski definition) is 2. The summed E-state index contributed by atoms with van der Waals surface area (Å²) < 4.78 is 4.94. The van der Waals surface area contributed by atoms with E-state index in [1.807, 2.05) is 0 Å². The van der Waals surface area contributed by atoms with Gasteiger partial charge in [-0.05, 0) is 12.1 Å². The zero-order valence-electron chi connectivity index (χ0n) is 8.93. The highest BCUT2D eigenvalue weighted by molar-refractivity contribution is 5.96. The van der Waals surface area contributed by atoms with Gasteiger partial charge in [-0.3, -0.25) is 10.0 Å². The van der Waals surface area contributed by atoms with Crippen LogP contribution in [-0.4, -0.2) is 36.2 Å². The Hall–Kier alpha value is -2.08. The molecule has 0 saturated carbocycles. The Labute approximate surface area is 92.4 Å². The smallest absolute Gasteiger partial charge is 0.409 e. The minimum Gasteiger partial charge on any atom is -0.409 e. The lowest BCUT2D eigenvalue weighted by atomic mass is 10.2. The van der Waals surface area contributed by atoms with E-state index >= 15 is 0 Å². The molecular weight excluding hydrogens is 212 g/mol. The third-order valence-corrected chi connectivity index (χ3v) is 1.80. The van der Waals surface area contributed by atoms with Gasteiger partial charge in [0.2, 0.25) is 0 Å². The molecule has 0 heterocycles. The van der Waals surface area contributed by atoms with Crippen LogP contribution < -0.4 is 10.2 Å². The first kappa shape index (κ1) is 12.0. The van der Waals surface area contributed by atoms with Crippen molar-refractivity contribution >= 4 is 12.0 Å². The van der Waals surface area contributed by atoms with E-state index in [1.54, 1.807) is 12.1 Å². The van der Waals surface area contributed by atoms with Crippen LogP contribution in [0.4, 0.5) is 4.79 Å². The first-order valence-electron chi connectivity index (χ1n) is 4.49. The third kappa shape index (κ3) is 2.71. The maximum absolute atomic E-state index is 11.3. The monoisotopic (exact) mass is 224 g/mol. The zero-order chi connectivity index (χ0) is 12.1. The lowest BCUT2D eigenvalue weighted by Gasteiger charge is -2.12. The van der Waals surface area contributed by atoms with E-state index in [0.29, 0.717) is 0 Å². The number of para-hydroxylation sites is 1. The number of carbonyl (C=O) groups is 2. The van der Waals surface area contributed by atoms with Crippen molar-refractivity contribution in [3.63, 3.8) is 0 Å². The molecule has 0 bridgehead atoms. The average molecular weight is 224 g/mol. The van der Waals surface area contributed by atoms with Gasteiger partial charge >= 0.3 is 6.09 Å². The molecule has 0 aliphatic heterocycles. The van der Waals surface area contributed by atoms with Gasteiger partial charge in [0.05, 0.1) is 5.56 Å². The van der Waals surface area contributed by atoms with Crippen molar-refractivity contribution in [2.24, 2.45) is 0 Å². The van der Waals surface area contributed by atoms with Gasteiger partial charge in [0.25, 0.3) is 5.91 Å². The highest BCUT2D eigenvalue weighted by Gasteiger charge is 2.14. The second-order valence-electron chi connectivity index (χ2n) is 3.20. The van der Waals surface area contributed by atoms with E-state index < -0.39 is 12.0 Å². The number of hydroxylamine groups is 1. The maximum atomic E-state index is 11.3. The molecular formula is C10H12N2O4. The van der Waals surface area contributed by atoms with Gasteiger partial charge in [-0.15, -0.1) is 0 Å². The van der Waals surface area contributed by atoms with Gasteiger partial charge in [-0.1, -0.05) is 12.1 Å². The van der Waals surface area contributed by atoms with E-state index in [1.165, 1.54) is 36.6 Å². The molecule has 0 saturated heterocycles. The number of ether oxygens (including phenoxy) is 1. The number of rotatable bonds is 2. The van der Waals surface area contributed by atoms with Gasteiger partial charge in [-0.2, -0.15) is 0 Å². The number of nitrogens with one attached hydrogen (secondary N) is 1. The van der Waals surface area contributed by atoms with E-state index in [2.05, 4.69) is 0 Å². The fraction of sp³-hybridized carbons (Fsp3) is 0.200. The quantitative estimate of drug-likeness (QED) is 0.577. The first-order valence-corrected chi connectivity index (χ1v) is 4.49. The number of carbonyl (C=O) groups excluding carboxylic acids is 2. The Kier molecular flexibility index (Phi) is 3.84. The second-order valence-corrected chi connectivity index (χ2v) is 3.20. The van der Waals surface area contributed by atoms with Crippen LogP contribution in [0.15, 0.2) is 24.3 Å². The van der Waals surface area contributed by atoms with Gasteiger partial charge in [0.1, 0.15) is 5.75 Å². The van der Waals surface area contributed by atoms with Gasteiger partial charge in [-0.25, -0.2) is 10.3 Å². The van der Waals surface area contributed by atoms with E-state index in [-0.39, 0.29) is 11.3 Å². The summed E-state index contributed by atoms with van der Waals surface area (Å²) in [5.41, 5.74) is 1.56. The zero-order valence-corrected chi connectivity index (χ0v) is 8.93. The molecule has 16 heavy (non-hydrogen) atoms. The van der Waals surface area contributed by atoms with Crippen molar-refractivity contribution in [2.75, 3.05) is 14.1 Å². The summed E-state index contributed by atoms with van der Waals surface area (Å²) in [7, 11) is 3.05. The molecule has 6 nitrogen and oxygen atoms in total. The molecule has 0 fully saturated rings. The molecule has 2 amide bonds. The summed E-state index contributed by atoms with van der Waals surface area (Å²) >= 11 is 0. The van der Waals surface area contributed by atoms with E-state index in [4.69, 9.17) is 9.94 Å². The summed E-state index contributed by atoms with van der Waals surface area (Å²) in [6.45, 7) is 0. The normalized spacial score (nSPS) is 9.44. The van der Waals surface area contributed by atoms with Crippen LogP contribution in [0.3, 0.4) is 0 Å². The molecule has 2 N–H and O–H groups in total. The number of hydrogen-bond acceptors (Lipinski definition) is 4. The number of benzene rings is 1. The molecule has 1 rings (SSSR count). The fourth-order valence-electron chi connectivity index (χ4n) is 0.989. The lowest BCUT2D eigenvalue weighted by molar-refractivity contribution is 0.0703. The molecule has 0 spiro atoms. The Morgan fingerprint density at radius 2 is 1.94 bits per heavy atom. The Balaban J connectivity index is 2.95. The summed E-state index contributed by atoms with van der Waals surface area (Å²) in [6, 6.07) is 6.11. The summed E-state index contributed by atoms with van der Waals surface area (Å²) in [5.74, 6) is -0.644. The standard InChI is InChI=1S/C10H12N2O4/c1-12(2)10(14)16-8-6-4-3-5-7(8)9(13)11-15/h3-6,15H,1-2H3,(H,11,13). The van der Waals surface area contributed by atoms with Crippen molar-refractivity contribution < 1.29 is 19.5 Å². The molecule has 0 aliphatic rings. The fourth-order valence-corrected chi connectivity index (χ4v) is 0.989. The molecule has 0 unspecified atom stereocenters. The minimum atomic E-state index is -0.734. The Bertz CT molecular complexity index is 404.